The normalized spacial score (nSPS) is 16.5. The van der Waals surface area contributed by atoms with Crippen LogP contribution in [0, 0.1) is 0 Å². The van der Waals surface area contributed by atoms with E-state index in [0.29, 0.717) is 12.8 Å². The van der Waals surface area contributed by atoms with Crippen LogP contribution >= 0.6 is 0 Å². The average molecular weight is 302 g/mol. The van der Waals surface area contributed by atoms with E-state index in [2.05, 4.69) is 6.92 Å². The highest BCUT2D eigenvalue weighted by Gasteiger charge is 2.27. The van der Waals surface area contributed by atoms with Crippen molar-refractivity contribution in [3.8, 4) is 0 Å². The summed E-state index contributed by atoms with van der Waals surface area (Å²) in [6.07, 6.45) is 3.29. The minimum Gasteiger partial charge on any atom is -0.376 e. The average Bonchev–Trinajstić information content (AvgIpc) is 2.31. The quantitative estimate of drug-likeness (QED) is 0.515. The molecule has 0 aromatic carbocycles. The van der Waals surface area contributed by atoms with Crippen molar-refractivity contribution in [1.82, 2.24) is 0 Å². The molecule has 0 rings (SSSR count). The molecule has 0 heterocycles. The van der Waals surface area contributed by atoms with Crippen LogP contribution in [0.1, 0.15) is 67.7 Å². The highest BCUT2D eigenvalue weighted by atomic mass is 16.6. The summed E-state index contributed by atoms with van der Waals surface area (Å²) in [5.41, 5.74) is 0. The van der Waals surface area contributed by atoms with E-state index in [4.69, 9.17) is 14.2 Å². The summed E-state index contributed by atoms with van der Waals surface area (Å²) in [5.74, 6) is 0. The lowest BCUT2D eigenvalue weighted by Gasteiger charge is -2.32. The molecule has 0 amide bonds. The molecule has 0 spiro atoms. The number of hydrogen-bond acceptors (Lipinski definition) is 4. The Morgan fingerprint density at radius 1 is 0.762 bits per heavy atom. The van der Waals surface area contributed by atoms with E-state index in [1.807, 2.05) is 41.5 Å². The van der Waals surface area contributed by atoms with Crippen molar-refractivity contribution in [2.45, 2.75) is 104 Å². The van der Waals surface area contributed by atoms with Gasteiger partial charge in [0.05, 0.1) is 36.6 Å². The molecule has 0 saturated heterocycles. The van der Waals surface area contributed by atoms with Crippen LogP contribution in [0.5, 0.6) is 0 Å². The van der Waals surface area contributed by atoms with Gasteiger partial charge >= 0.3 is 0 Å². The number of rotatable bonds is 12. The summed E-state index contributed by atoms with van der Waals surface area (Å²) in [6.45, 7) is 14.2. The highest BCUT2D eigenvalue weighted by Crippen LogP contribution is 2.20. The number of carbonyl (C=O) groups excluding carboxylic acids is 1. The lowest BCUT2D eigenvalue weighted by molar-refractivity contribution is -0.133. The minimum atomic E-state index is -0.0733. The SMILES string of the molecule is CC(C)OC(C)CC(OC(C)C)C(CCC=O)OC(C)C. The van der Waals surface area contributed by atoms with E-state index in [9.17, 15) is 4.79 Å². The summed E-state index contributed by atoms with van der Waals surface area (Å²) < 4.78 is 17.8. The Balaban J connectivity index is 4.79. The van der Waals surface area contributed by atoms with Crippen LogP contribution < -0.4 is 0 Å². The van der Waals surface area contributed by atoms with Gasteiger partial charge in [0.1, 0.15) is 6.29 Å². The molecule has 3 atom stereocenters. The molecular formula is C17H34O4. The molecule has 4 nitrogen and oxygen atoms in total. The van der Waals surface area contributed by atoms with Gasteiger partial charge in [-0.15, -0.1) is 0 Å². The molecule has 0 N–H and O–H groups in total. The topological polar surface area (TPSA) is 44.8 Å². The maximum atomic E-state index is 10.7. The Bertz CT molecular complexity index is 264. The molecule has 0 aliphatic rings. The maximum absolute atomic E-state index is 10.7. The molecule has 0 aromatic heterocycles. The highest BCUT2D eigenvalue weighted by molar-refractivity contribution is 5.49. The van der Waals surface area contributed by atoms with Gasteiger partial charge in [0.15, 0.2) is 0 Å². The monoisotopic (exact) mass is 302 g/mol. The van der Waals surface area contributed by atoms with Gasteiger partial charge in [0, 0.05) is 12.8 Å². The molecule has 0 saturated carbocycles. The van der Waals surface area contributed by atoms with Gasteiger partial charge in [-0.25, -0.2) is 0 Å². The van der Waals surface area contributed by atoms with Gasteiger partial charge in [0.2, 0.25) is 0 Å². The van der Waals surface area contributed by atoms with Crippen LogP contribution in [0.15, 0.2) is 0 Å². The first-order valence-corrected chi connectivity index (χ1v) is 8.16. The van der Waals surface area contributed by atoms with E-state index < -0.39 is 0 Å². The molecular weight excluding hydrogens is 268 g/mol. The zero-order valence-corrected chi connectivity index (χ0v) is 14.8. The number of ether oxygens (including phenoxy) is 3. The van der Waals surface area contributed by atoms with E-state index >= 15 is 0 Å². The summed E-state index contributed by atoms with van der Waals surface area (Å²) >= 11 is 0. The Hall–Kier alpha value is -0.450. The third-order valence-electron chi connectivity index (χ3n) is 2.95. The predicted molar refractivity (Wildman–Crippen MR) is 85.6 cm³/mol. The van der Waals surface area contributed by atoms with Gasteiger partial charge < -0.3 is 19.0 Å². The standard InChI is InChI=1S/C17H34O4/c1-12(2)19-15(7)11-17(21-14(5)6)16(9-8-10-18)20-13(3)4/h10,12-17H,8-9,11H2,1-7H3. The van der Waals surface area contributed by atoms with E-state index in [1.54, 1.807) is 0 Å². The van der Waals surface area contributed by atoms with Crippen molar-refractivity contribution >= 4 is 6.29 Å². The third-order valence-corrected chi connectivity index (χ3v) is 2.95. The third kappa shape index (κ3) is 10.9. The van der Waals surface area contributed by atoms with Crippen LogP contribution in [-0.2, 0) is 19.0 Å². The van der Waals surface area contributed by atoms with Crippen molar-refractivity contribution in [1.29, 1.82) is 0 Å². The van der Waals surface area contributed by atoms with Crippen LogP contribution in [-0.4, -0.2) is 42.9 Å². The molecule has 0 aliphatic heterocycles. The number of carbonyl (C=O) groups is 1. The molecule has 0 bridgehead atoms. The van der Waals surface area contributed by atoms with Gasteiger partial charge in [-0.05, 0) is 54.9 Å². The fourth-order valence-corrected chi connectivity index (χ4v) is 2.42. The first-order valence-electron chi connectivity index (χ1n) is 8.16. The zero-order valence-electron chi connectivity index (χ0n) is 14.8. The first kappa shape index (κ1) is 20.6. The number of hydrogen-bond donors (Lipinski definition) is 0. The van der Waals surface area contributed by atoms with E-state index in [1.165, 1.54) is 0 Å². The van der Waals surface area contributed by atoms with Crippen LogP contribution in [0.4, 0.5) is 0 Å². The first-order chi connectivity index (χ1) is 9.76. The van der Waals surface area contributed by atoms with Crippen molar-refractivity contribution in [3.63, 3.8) is 0 Å². The Morgan fingerprint density at radius 3 is 1.67 bits per heavy atom. The van der Waals surface area contributed by atoms with Crippen LogP contribution in [0.25, 0.3) is 0 Å². The van der Waals surface area contributed by atoms with Gasteiger partial charge in [-0.1, -0.05) is 0 Å². The lowest BCUT2D eigenvalue weighted by atomic mass is 10.0. The van der Waals surface area contributed by atoms with Gasteiger partial charge in [0.25, 0.3) is 0 Å². The second kappa shape index (κ2) is 11.2. The summed E-state index contributed by atoms with van der Waals surface area (Å²) in [5, 5.41) is 0. The van der Waals surface area contributed by atoms with E-state index in [-0.39, 0.29) is 36.6 Å². The molecule has 4 heteroatoms. The van der Waals surface area contributed by atoms with Crippen molar-refractivity contribution < 1.29 is 19.0 Å². The maximum Gasteiger partial charge on any atom is 0.120 e. The van der Waals surface area contributed by atoms with Crippen molar-refractivity contribution in [3.05, 3.63) is 0 Å². The number of aldehydes is 1. The fraction of sp³-hybridized carbons (Fsp3) is 0.941. The molecule has 0 radical (unpaired) electrons. The second-order valence-electron chi connectivity index (χ2n) is 6.42. The van der Waals surface area contributed by atoms with Crippen molar-refractivity contribution in [2.75, 3.05) is 0 Å². The molecule has 0 aliphatic carbocycles. The summed E-state index contributed by atoms with van der Waals surface area (Å²) in [7, 11) is 0. The fourth-order valence-electron chi connectivity index (χ4n) is 2.42. The van der Waals surface area contributed by atoms with Crippen LogP contribution in [0.3, 0.4) is 0 Å². The van der Waals surface area contributed by atoms with E-state index in [0.717, 1.165) is 12.7 Å². The predicted octanol–water partition coefficient (Wildman–Crippen LogP) is 3.76. The van der Waals surface area contributed by atoms with Gasteiger partial charge in [-0.3, -0.25) is 0 Å². The Kier molecular flexibility index (Phi) is 10.9. The smallest absolute Gasteiger partial charge is 0.120 e. The molecule has 21 heavy (non-hydrogen) atoms. The molecule has 3 unspecified atom stereocenters. The minimum absolute atomic E-state index is 0.0545. The zero-order chi connectivity index (χ0) is 16.4. The molecule has 126 valence electrons. The molecule has 0 fully saturated rings. The Labute approximate surface area is 130 Å². The summed E-state index contributed by atoms with van der Waals surface area (Å²) in [4.78, 5) is 10.7. The lowest BCUT2D eigenvalue weighted by Crippen LogP contribution is -2.38. The molecule has 0 aromatic rings. The van der Waals surface area contributed by atoms with Gasteiger partial charge in [-0.2, -0.15) is 0 Å². The summed E-state index contributed by atoms with van der Waals surface area (Å²) in [6, 6.07) is 0. The van der Waals surface area contributed by atoms with Crippen molar-refractivity contribution in [2.24, 2.45) is 0 Å². The van der Waals surface area contributed by atoms with Crippen LogP contribution in [0.2, 0.25) is 0 Å². The second-order valence-corrected chi connectivity index (χ2v) is 6.42. The Morgan fingerprint density at radius 2 is 1.24 bits per heavy atom. The largest absolute Gasteiger partial charge is 0.376 e.